The molecule has 20 heavy (non-hydrogen) atoms. The van der Waals surface area contributed by atoms with Crippen molar-refractivity contribution in [3.8, 4) is 5.88 Å². The van der Waals surface area contributed by atoms with Gasteiger partial charge in [0.2, 0.25) is 5.88 Å². The van der Waals surface area contributed by atoms with Gasteiger partial charge in [-0.25, -0.2) is 0 Å². The van der Waals surface area contributed by atoms with Gasteiger partial charge in [-0.3, -0.25) is 4.98 Å². The van der Waals surface area contributed by atoms with Gasteiger partial charge in [-0.15, -0.1) is 0 Å². The molecule has 1 unspecified atom stereocenters. The van der Waals surface area contributed by atoms with Crippen molar-refractivity contribution in [2.24, 2.45) is 0 Å². The summed E-state index contributed by atoms with van der Waals surface area (Å²) in [4.78, 5) is 12.8. The third kappa shape index (κ3) is 4.29. The Morgan fingerprint density at radius 3 is 3.10 bits per heavy atom. The molecular weight excluding hydrogens is 260 g/mol. The second kappa shape index (κ2) is 7.37. The van der Waals surface area contributed by atoms with Crippen LogP contribution < -0.4 is 9.64 Å². The maximum atomic E-state index is 8.76. The summed E-state index contributed by atoms with van der Waals surface area (Å²) < 4.78 is 11.0. The van der Waals surface area contributed by atoms with Gasteiger partial charge in [-0.2, -0.15) is 4.98 Å². The van der Waals surface area contributed by atoms with Crippen molar-refractivity contribution in [1.82, 2.24) is 14.9 Å². The lowest BCUT2D eigenvalue weighted by molar-refractivity contribution is 0.0245. The molecular formula is C13H22N4O3. The van der Waals surface area contributed by atoms with Crippen LogP contribution in [0, 0.1) is 0 Å². The van der Waals surface area contributed by atoms with Gasteiger partial charge in [0.25, 0.3) is 0 Å². The first-order valence-electron chi connectivity index (χ1n) is 6.76. The average Bonchev–Trinajstić information content (AvgIpc) is 2.45. The zero-order valence-electron chi connectivity index (χ0n) is 12.0. The molecule has 1 saturated heterocycles. The van der Waals surface area contributed by atoms with Crippen molar-refractivity contribution in [2.75, 3.05) is 58.5 Å². The third-order valence-electron chi connectivity index (χ3n) is 2.97. The summed E-state index contributed by atoms with van der Waals surface area (Å²) in [6.07, 6.45) is 3.45. The lowest BCUT2D eigenvalue weighted by Gasteiger charge is -2.34. The largest absolute Gasteiger partial charge is 0.474 e. The Hall–Kier alpha value is -1.44. The van der Waals surface area contributed by atoms with E-state index in [0.29, 0.717) is 12.5 Å². The Bertz CT molecular complexity index is 416. The van der Waals surface area contributed by atoms with Crippen LogP contribution >= 0.6 is 0 Å². The lowest BCUT2D eigenvalue weighted by atomic mass is 10.2. The molecule has 0 amide bonds. The molecule has 2 rings (SSSR count). The Labute approximate surface area is 119 Å². The number of aromatic nitrogens is 2. The molecule has 1 fully saturated rings. The fourth-order valence-corrected chi connectivity index (χ4v) is 2.16. The van der Waals surface area contributed by atoms with E-state index in [0.717, 1.165) is 25.5 Å². The van der Waals surface area contributed by atoms with Gasteiger partial charge < -0.3 is 24.4 Å². The Morgan fingerprint density at radius 2 is 2.35 bits per heavy atom. The summed E-state index contributed by atoms with van der Waals surface area (Å²) in [5.41, 5.74) is 0. The molecule has 0 radical (unpaired) electrons. The molecule has 0 saturated carbocycles. The van der Waals surface area contributed by atoms with Gasteiger partial charge in [-0.05, 0) is 14.1 Å². The maximum absolute atomic E-state index is 8.76. The minimum atomic E-state index is -0.0334. The van der Waals surface area contributed by atoms with Crippen LogP contribution in [-0.2, 0) is 4.74 Å². The number of rotatable bonds is 6. The van der Waals surface area contributed by atoms with Crippen molar-refractivity contribution < 1.29 is 14.6 Å². The van der Waals surface area contributed by atoms with Gasteiger partial charge >= 0.3 is 0 Å². The van der Waals surface area contributed by atoms with Crippen LogP contribution in [0.1, 0.15) is 0 Å². The van der Waals surface area contributed by atoms with E-state index in [1.54, 1.807) is 12.4 Å². The highest BCUT2D eigenvalue weighted by atomic mass is 16.5. The van der Waals surface area contributed by atoms with Crippen LogP contribution in [0.25, 0.3) is 0 Å². The quantitative estimate of drug-likeness (QED) is 0.762. The first kappa shape index (κ1) is 15.0. The van der Waals surface area contributed by atoms with Gasteiger partial charge in [0.1, 0.15) is 6.61 Å². The molecule has 0 aromatic carbocycles. The normalized spacial score (nSPS) is 19.4. The lowest BCUT2D eigenvalue weighted by Crippen LogP contribution is -2.46. The van der Waals surface area contributed by atoms with E-state index in [1.165, 1.54) is 0 Å². The van der Waals surface area contributed by atoms with E-state index in [-0.39, 0.29) is 19.3 Å². The zero-order chi connectivity index (χ0) is 14.4. The van der Waals surface area contributed by atoms with Crippen LogP contribution in [0.2, 0.25) is 0 Å². The molecule has 1 aromatic heterocycles. The van der Waals surface area contributed by atoms with E-state index < -0.39 is 0 Å². The number of hydrogen-bond acceptors (Lipinski definition) is 7. The van der Waals surface area contributed by atoms with Crippen LogP contribution in [0.5, 0.6) is 5.88 Å². The van der Waals surface area contributed by atoms with Gasteiger partial charge in [0, 0.05) is 19.6 Å². The maximum Gasteiger partial charge on any atom is 0.234 e. The number of anilines is 1. The molecule has 7 nitrogen and oxygen atoms in total. The minimum Gasteiger partial charge on any atom is -0.474 e. The SMILES string of the molecule is CN(C)CC1CN(c2cncc(OCCO)n2)CCO1. The van der Waals surface area contributed by atoms with Crippen LogP contribution in [0.4, 0.5) is 5.82 Å². The molecule has 0 spiro atoms. The van der Waals surface area contributed by atoms with E-state index in [1.807, 2.05) is 14.1 Å². The summed E-state index contributed by atoms with van der Waals surface area (Å²) in [7, 11) is 4.07. The highest BCUT2D eigenvalue weighted by Gasteiger charge is 2.22. The summed E-state index contributed by atoms with van der Waals surface area (Å²) in [5, 5.41) is 8.76. The first-order valence-corrected chi connectivity index (χ1v) is 6.76. The van der Waals surface area contributed by atoms with E-state index in [4.69, 9.17) is 14.6 Å². The predicted octanol–water partition coefficient (Wildman–Crippen LogP) is -0.385. The number of ether oxygens (including phenoxy) is 2. The fraction of sp³-hybridized carbons (Fsp3) is 0.692. The highest BCUT2D eigenvalue weighted by Crippen LogP contribution is 2.17. The molecule has 1 aliphatic heterocycles. The standard InChI is InChI=1S/C13H22N4O3/c1-16(2)9-11-10-17(3-5-19-11)12-7-14-8-13(15-12)20-6-4-18/h7-8,11,18H,3-6,9-10H2,1-2H3. The van der Waals surface area contributed by atoms with E-state index in [9.17, 15) is 0 Å². The van der Waals surface area contributed by atoms with Crippen molar-refractivity contribution in [2.45, 2.75) is 6.10 Å². The second-order valence-corrected chi connectivity index (χ2v) is 4.99. The average molecular weight is 282 g/mol. The number of aliphatic hydroxyl groups excluding tert-OH is 1. The van der Waals surface area contributed by atoms with Crippen molar-refractivity contribution in [3.05, 3.63) is 12.4 Å². The Balaban J connectivity index is 1.99. The number of morpholine rings is 1. The van der Waals surface area contributed by atoms with E-state index >= 15 is 0 Å². The Morgan fingerprint density at radius 1 is 1.50 bits per heavy atom. The summed E-state index contributed by atoms with van der Waals surface area (Å²) in [6, 6.07) is 0. The van der Waals surface area contributed by atoms with Crippen molar-refractivity contribution in [1.29, 1.82) is 0 Å². The topological polar surface area (TPSA) is 71.0 Å². The first-order chi connectivity index (χ1) is 9.69. The molecule has 1 atom stereocenters. The summed E-state index contributed by atoms with van der Waals surface area (Å²) in [6.45, 7) is 3.34. The van der Waals surface area contributed by atoms with Crippen molar-refractivity contribution in [3.63, 3.8) is 0 Å². The number of hydrogen-bond donors (Lipinski definition) is 1. The van der Waals surface area contributed by atoms with Crippen LogP contribution in [-0.4, -0.2) is 79.6 Å². The smallest absolute Gasteiger partial charge is 0.234 e. The minimum absolute atomic E-state index is 0.0334. The third-order valence-corrected chi connectivity index (χ3v) is 2.97. The number of aliphatic hydroxyl groups is 1. The second-order valence-electron chi connectivity index (χ2n) is 4.99. The number of likely N-dealkylation sites (N-methyl/N-ethyl adjacent to an activating group) is 1. The molecule has 1 N–H and O–H groups in total. The van der Waals surface area contributed by atoms with Crippen molar-refractivity contribution >= 4 is 5.82 Å². The van der Waals surface area contributed by atoms with Gasteiger partial charge in [-0.1, -0.05) is 0 Å². The summed E-state index contributed by atoms with van der Waals surface area (Å²) in [5.74, 6) is 1.22. The van der Waals surface area contributed by atoms with Gasteiger partial charge in [0.05, 0.1) is 31.7 Å². The predicted molar refractivity (Wildman–Crippen MR) is 75.1 cm³/mol. The highest BCUT2D eigenvalue weighted by molar-refractivity contribution is 5.38. The zero-order valence-corrected chi connectivity index (χ0v) is 12.0. The van der Waals surface area contributed by atoms with Crippen LogP contribution in [0.15, 0.2) is 12.4 Å². The fourth-order valence-electron chi connectivity index (χ4n) is 2.16. The molecule has 1 aliphatic rings. The molecule has 1 aromatic rings. The van der Waals surface area contributed by atoms with Crippen LogP contribution in [0.3, 0.4) is 0 Å². The number of nitrogens with zero attached hydrogens (tertiary/aromatic N) is 4. The van der Waals surface area contributed by atoms with Gasteiger partial charge in [0.15, 0.2) is 5.82 Å². The molecule has 0 bridgehead atoms. The molecule has 112 valence electrons. The Kier molecular flexibility index (Phi) is 5.51. The monoisotopic (exact) mass is 282 g/mol. The molecule has 2 heterocycles. The summed E-state index contributed by atoms with van der Waals surface area (Å²) >= 11 is 0. The molecule has 7 heteroatoms. The molecule has 0 aliphatic carbocycles. The van der Waals surface area contributed by atoms with E-state index in [2.05, 4.69) is 19.8 Å².